The zero-order valence-electron chi connectivity index (χ0n) is 11.2. The largest absolute Gasteiger partial charge is 0.478 e. The van der Waals surface area contributed by atoms with Gasteiger partial charge in [0.05, 0.1) is 0 Å². The minimum absolute atomic E-state index is 0.130. The summed E-state index contributed by atoms with van der Waals surface area (Å²) in [6.07, 6.45) is 0. The van der Waals surface area contributed by atoms with Crippen LogP contribution in [-0.4, -0.2) is 16.1 Å². The third-order valence-corrected chi connectivity index (χ3v) is 3.40. The van der Waals surface area contributed by atoms with Crippen molar-refractivity contribution in [2.75, 3.05) is 0 Å². The fourth-order valence-electron chi connectivity index (χ4n) is 2.12. The van der Waals surface area contributed by atoms with E-state index in [1.165, 1.54) is 11.6 Å². The van der Waals surface area contributed by atoms with Crippen molar-refractivity contribution in [2.45, 2.75) is 13.8 Å². The normalized spacial score (nSPS) is 10.9. The molecule has 0 bridgehead atoms. The van der Waals surface area contributed by atoms with Gasteiger partial charge in [-0.2, -0.15) is 0 Å². The highest BCUT2D eigenvalue weighted by atomic mass is 16.4. The Labute approximate surface area is 115 Å². The minimum Gasteiger partial charge on any atom is -0.478 e. The predicted molar refractivity (Wildman–Crippen MR) is 75.9 cm³/mol. The Morgan fingerprint density at radius 2 is 1.95 bits per heavy atom. The number of carboxylic acids is 1. The first-order chi connectivity index (χ1) is 9.56. The summed E-state index contributed by atoms with van der Waals surface area (Å²) in [6, 6.07) is 10.8. The molecule has 0 unspecified atom stereocenters. The van der Waals surface area contributed by atoms with Crippen molar-refractivity contribution in [1.29, 1.82) is 0 Å². The summed E-state index contributed by atoms with van der Waals surface area (Å²) in [5.74, 6) is -0.574. The molecule has 3 rings (SSSR count). The van der Waals surface area contributed by atoms with Crippen LogP contribution in [0.15, 0.2) is 40.8 Å². The maximum atomic E-state index is 11.2. The monoisotopic (exact) mass is 267 g/mol. The van der Waals surface area contributed by atoms with Gasteiger partial charge in [-0.05, 0) is 49.2 Å². The van der Waals surface area contributed by atoms with E-state index in [1.54, 1.807) is 12.1 Å². The minimum atomic E-state index is -1.02. The number of carboxylic acid groups (broad SMARTS) is 1. The van der Waals surface area contributed by atoms with E-state index in [0.717, 1.165) is 11.1 Å². The van der Waals surface area contributed by atoms with Crippen molar-refractivity contribution >= 4 is 17.1 Å². The standard InChI is InChI=1S/C16H13NO3/c1-9-6-7-11(8-10(9)2)15-17-13-5-3-4-12(16(18)19)14(13)20-15/h3-8H,1-2H3,(H,18,19). The highest BCUT2D eigenvalue weighted by Crippen LogP contribution is 2.27. The number of aromatic nitrogens is 1. The van der Waals surface area contributed by atoms with Gasteiger partial charge in [-0.1, -0.05) is 12.1 Å². The number of para-hydroxylation sites is 1. The topological polar surface area (TPSA) is 63.3 Å². The fraction of sp³-hybridized carbons (Fsp3) is 0.125. The third kappa shape index (κ3) is 1.95. The summed E-state index contributed by atoms with van der Waals surface area (Å²) in [7, 11) is 0. The van der Waals surface area contributed by atoms with Crippen LogP contribution in [0.5, 0.6) is 0 Å². The van der Waals surface area contributed by atoms with Gasteiger partial charge in [0.1, 0.15) is 11.1 Å². The molecule has 2 aromatic carbocycles. The zero-order chi connectivity index (χ0) is 14.3. The summed E-state index contributed by atoms with van der Waals surface area (Å²) in [5.41, 5.74) is 4.18. The Hall–Kier alpha value is -2.62. The molecule has 100 valence electrons. The third-order valence-electron chi connectivity index (χ3n) is 3.40. The molecule has 0 aliphatic rings. The first-order valence-corrected chi connectivity index (χ1v) is 6.27. The van der Waals surface area contributed by atoms with E-state index in [9.17, 15) is 4.79 Å². The Kier molecular flexibility index (Phi) is 2.79. The lowest BCUT2D eigenvalue weighted by Gasteiger charge is -2.01. The van der Waals surface area contributed by atoms with Gasteiger partial charge in [0.25, 0.3) is 0 Å². The molecule has 4 nitrogen and oxygen atoms in total. The number of aromatic carboxylic acids is 1. The van der Waals surface area contributed by atoms with E-state index in [1.807, 2.05) is 32.0 Å². The summed E-state index contributed by atoms with van der Waals surface area (Å²) < 4.78 is 5.65. The molecule has 20 heavy (non-hydrogen) atoms. The maximum absolute atomic E-state index is 11.2. The molecule has 0 aliphatic heterocycles. The summed E-state index contributed by atoms with van der Waals surface area (Å²) >= 11 is 0. The fourth-order valence-corrected chi connectivity index (χ4v) is 2.12. The van der Waals surface area contributed by atoms with Crippen LogP contribution in [0.25, 0.3) is 22.6 Å². The van der Waals surface area contributed by atoms with Gasteiger partial charge in [-0.25, -0.2) is 9.78 Å². The van der Waals surface area contributed by atoms with Gasteiger partial charge in [-0.3, -0.25) is 0 Å². The SMILES string of the molecule is Cc1ccc(-c2nc3cccc(C(=O)O)c3o2)cc1C. The summed E-state index contributed by atoms with van der Waals surface area (Å²) in [5, 5.41) is 9.16. The molecule has 0 radical (unpaired) electrons. The first-order valence-electron chi connectivity index (χ1n) is 6.27. The molecule has 0 spiro atoms. The lowest BCUT2D eigenvalue weighted by molar-refractivity contribution is 0.0698. The van der Waals surface area contributed by atoms with Crippen molar-refractivity contribution in [1.82, 2.24) is 4.98 Å². The van der Waals surface area contributed by atoms with Gasteiger partial charge in [0.2, 0.25) is 5.89 Å². The molecule has 0 amide bonds. The number of rotatable bonds is 2. The van der Waals surface area contributed by atoms with Crippen LogP contribution in [0.4, 0.5) is 0 Å². The molecule has 0 atom stereocenters. The van der Waals surface area contributed by atoms with E-state index in [0.29, 0.717) is 17.0 Å². The number of nitrogens with zero attached hydrogens (tertiary/aromatic N) is 1. The van der Waals surface area contributed by atoms with Crippen LogP contribution in [0, 0.1) is 13.8 Å². The number of fused-ring (bicyclic) bond motifs is 1. The average molecular weight is 267 g/mol. The van der Waals surface area contributed by atoms with Gasteiger partial charge in [0.15, 0.2) is 5.58 Å². The smallest absolute Gasteiger partial charge is 0.339 e. The molecule has 0 saturated carbocycles. The van der Waals surface area contributed by atoms with Gasteiger partial charge in [-0.15, -0.1) is 0 Å². The molecule has 1 heterocycles. The lowest BCUT2D eigenvalue weighted by atomic mass is 10.1. The Bertz CT molecular complexity index is 818. The number of benzene rings is 2. The number of hydrogen-bond donors (Lipinski definition) is 1. The number of hydrogen-bond acceptors (Lipinski definition) is 3. The second kappa shape index (κ2) is 4.49. The first kappa shape index (κ1) is 12.4. The molecule has 1 aromatic heterocycles. The van der Waals surface area contributed by atoms with Crippen molar-refractivity contribution < 1.29 is 14.3 Å². The van der Waals surface area contributed by atoms with Gasteiger partial charge < -0.3 is 9.52 Å². The van der Waals surface area contributed by atoms with E-state index in [2.05, 4.69) is 4.98 Å². The van der Waals surface area contributed by atoms with Crippen LogP contribution in [0.2, 0.25) is 0 Å². The summed E-state index contributed by atoms with van der Waals surface area (Å²) in [6.45, 7) is 4.05. The zero-order valence-corrected chi connectivity index (χ0v) is 11.2. The predicted octanol–water partition coefficient (Wildman–Crippen LogP) is 3.81. The number of aryl methyl sites for hydroxylation is 2. The van der Waals surface area contributed by atoms with Gasteiger partial charge >= 0.3 is 5.97 Å². The Morgan fingerprint density at radius 3 is 2.65 bits per heavy atom. The number of oxazole rings is 1. The van der Waals surface area contributed by atoms with Crippen LogP contribution in [0.1, 0.15) is 21.5 Å². The van der Waals surface area contributed by atoms with Crippen molar-refractivity contribution in [3.05, 3.63) is 53.1 Å². The summed E-state index contributed by atoms with van der Waals surface area (Å²) in [4.78, 5) is 15.5. The maximum Gasteiger partial charge on any atom is 0.339 e. The van der Waals surface area contributed by atoms with Crippen LogP contribution in [-0.2, 0) is 0 Å². The quantitative estimate of drug-likeness (QED) is 0.766. The molecular formula is C16H13NO3. The molecular weight excluding hydrogens is 254 g/mol. The van der Waals surface area contributed by atoms with E-state index >= 15 is 0 Å². The average Bonchev–Trinajstić information content (AvgIpc) is 2.85. The van der Waals surface area contributed by atoms with E-state index in [4.69, 9.17) is 9.52 Å². The van der Waals surface area contributed by atoms with Crippen LogP contribution in [0.3, 0.4) is 0 Å². The molecule has 0 fully saturated rings. The highest BCUT2D eigenvalue weighted by Gasteiger charge is 2.15. The Morgan fingerprint density at radius 1 is 1.15 bits per heavy atom. The molecule has 1 N–H and O–H groups in total. The van der Waals surface area contributed by atoms with Gasteiger partial charge in [0, 0.05) is 5.56 Å². The number of carbonyl (C=O) groups is 1. The van der Waals surface area contributed by atoms with E-state index in [-0.39, 0.29) is 5.56 Å². The molecule has 0 aliphatic carbocycles. The molecule has 0 saturated heterocycles. The van der Waals surface area contributed by atoms with Crippen molar-refractivity contribution in [3.63, 3.8) is 0 Å². The molecule has 3 aromatic rings. The van der Waals surface area contributed by atoms with Crippen LogP contribution >= 0.6 is 0 Å². The Balaban J connectivity index is 2.20. The molecule has 4 heteroatoms. The van der Waals surface area contributed by atoms with Crippen molar-refractivity contribution in [2.24, 2.45) is 0 Å². The van der Waals surface area contributed by atoms with Crippen molar-refractivity contribution in [3.8, 4) is 11.5 Å². The van der Waals surface area contributed by atoms with E-state index < -0.39 is 5.97 Å². The lowest BCUT2D eigenvalue weighted by Crippen LogP contribution is -1.95. The second-order valence-corrected chi connectivity index (χ2v) is 4.78. The van der Waals surface area contributed by atoms with Crippen LogP contribution < -0.4 is 0 Å². The highest BCUT2D eigenvalue weighted by molar-refractivity contribution is 6.00. The second-order valence-electron chi connectivity index (χ2n) is 4.78.